The molecule has 0 saturated carbocycles. The first-order valence-corrected chi connectivity index (χ1v) is 6.91. The lowest BCUT2D eigenvalue weighted by molar-refractivity contribution is 0.0939. The van der Waals surface area contributed by atoms with Crippen LogP contribution in [0.4, 0.5) is 0 Å². The highest BCUT2D eigenvalue weighted by molar-refractivity contribution is 6.35. The van der Waals surface area contributed by atoms with Gasteiger partial charge in [-0.25, -0.2) is 0 Å². The highest BCUT2D eigenvalue weighted by atomic mass is 35.5. The number of hydrogen-bond donors (Lipinski definition) is 1. The number of benzene rings is 1. The van der Waals surface area contributed by atoms with Gasteiger partial charge in [0.1, 0.15) is 0 Å². The molecule has 1 aromatic heterocycles. The molecule has 5 heteroatoms. The Morgan fingerprint density at radius 2 is 2.00 bits per heavy atom. The zero-order valence-electron chi connectivity index (χ0n) is 11.2. The number of halogens is 2. The number of rotatable bonds is 3. The van der Waals surface area contributed by atoms with Crippen LogP contribution in [-0.4, -0.2) is 10.9 Å². The van der Waals surface area contributed by atoms with E-state index in [0.29, 0.717) is 15.6 Å². The molecular weight excluding hydrogens is 295 g/mol. The number of carbonyl (C=O) groups excluding carboxylic acids is 1. The number of nitrogens with one attached hydrogen (secondary N) is 1. The summed E-state index contributed by atoms with van der Waals surface area (Å²) in [7, 11) is 0. The van der Waals surface area contributed by atoms with Crippen LogP contribution >= 0.6 is 23.2 Å². The SMILES string of the molecule is Cc1ccc(C(=O)N[C@H](C)c2ccc(Cl)cc2Cl)cn1. The van der Waals surface area contributed by atoms with E-state index in [4.69, 9.17) is 23.2 Å². The summed E-state index contributed by atoms with van der Waals surface area (Å²) in [5.41, 5.74) is 2.22. The minimum absolute atomic E-state index is 0.184. The van der Waals surface area contributed by atoms with Crippen molar-refractivity contribution in [3.8, 4) is 0 Å². The topological polar surface area (TPSA) is 42.0 Å². The molecule has 1 N–H and O–H groups in total. The number of amides is 1. The third-order valence-electron chi connectivity index (χ3n) is 2.95. The quantitative estimate of drug-likeness (QED) is 0.924. The first-order chi connectivity index (χ1) is 9.47. The Morgan fingerprint density at radius 3 is 2.60 bits per heavy atom. The maximum Gasteiger partial charge on any atom is 0.253 e. The van der Waals surface area contributed by atoms with Gasteiger partial charge in [-0.2, -0.15) is 0 Å². The molecule has 0 radical (unpaired) electrons. The van der Waals surface area contributed by atoms with Crippen molar-refractivity contribution in [1.82, 2.24) is 10.3 Å². The standard InChI is InChI=1S/C15H14Cl2N2O/c1-9-3-4-11(8-18-9)15(20)19-10(2)13-6-5-12(16)7-14(13)17/h3-8,10H,1-2H3,(H,19,20)/t10-/m1/s1. The summed E-state index contributed by atoms with van der Waals surface area (Å²) in [5, 5.41) is 3.99. The van der Waals surface area contributed by atoms with Gasteiger partial charge in [0.25, 0.3) is 5.91 Å². The second kappa shape index (κ2) is 6.25. The van der Waals surface area contributed by atoms with Gasteiger partial charge in [0, 0.05) is 21.9 Å². The minimum Gasteiger partial charge on any atom is -0.345 e. The van der Waals surface area contributed by atoms with Crippen molar-refractivity contribution in [1.29, 1.82) is 0 Å². The van der Waals surface area contributed by atoms with E-state index in [1.54, 1.807) is 30.5 Å². The minimum atomic E-state index is -0.214. The Labute approximate surface area is 127 Å². The van der Waals surface area contributed by atoms with E-state index in [2.05, 4.69) is 10.3 Å². The van der Waals surface area contributed by atoms with Crippen LogP contribution in [0.2, 0.25) is 10.0 Å². The van der Waals surface area contributed by atoms with Crippen LogP contribution in [0.25, 0.3) is 0 Å². The molecule has 0 saturated heterocycles. The van der Waals surface area contributed by atoms with Crippen molar-refractivity contribution >= 4 is 29.1 Å². The van der Waals surface area contributed by atoms with E-state index in [9.17, 15) is 4.79 Å². The number of hydrogen-bond acceptors (Lipinski definition) is 2. The smallest absolute Gasteiger partial charge is 0.253 e. The van der Waals surface area contributed by atoms with Crippen LogP contribution in [0.1, 0.15) is 34.6 Å². The first-order valence-electron chi connectivity index (χ1n) is 6.16. The molecule has 1 aromatic carbocycles. The van der Waals surface area contributed by atoms with Gasteiger partial charge in [0.05, 0.1) is 11.6 Å². The van der Waals surface area contributed by atoms with Crippen molar-refractivity contribution in [2.75, 3.05) is 0 Å². The van der Waals surface area contributed by atoms with Crippen LogP contribution in [0.5, 0.6) is 0 Å². The van der Waals surface area contributed by atoms with Gasteiger partial charge in [-0.15, -0.1) is 0 Å². The van der Waals surface area contributed by atoms with Gasteiger partial charge >= 0.3 is 0 Å². The van der Waals surface area contributed by atoms with Gasteiger partial charge in [-0.05, 0) is 43.7 Å². The lowest BCUT2D eigenvalue weighted by Crippen LogP contribution is -2.26. The fourth-order valence-electron chi connectivity index (χ4n) is 1.81. The van der Waals surface area contributed by atoms with E-state index in [-0.39, 0.29) is 11.9 Å². The Balaban J connectivity index is 2.12. The van der Waals surface area contributed by atoms with Crippen LogP contribution in [0, 0.1) is 6.92 Å². The van der Waals surface area contributed by atoms with Crippen LogP contribution in [0.3, 0.4) is 0 Å². The van der Waals surface area contributed by atoms with Gasteiger partial charge in [-0.1, -0.05) is 29.3 Å². The molecule has 0 spiro atoms. The summed E-state index contributed by atoms with van der Waals surface area (Å²) in [6, 6.07) is 8.55. The van der Waals surface area contributed by atoms with Crippen molar-refractivity contribution in [3.63, 3.8) is 0 Å². The molecule has 1 amide bonds. The van der Waals surface area contributed by atoms with E-state index in [1.165, 1.54) is 0 Å². The highest BCUT2D eigenvalue weighted by Crippen LogP contribution is 2.26. The normalized spacial score (nSPS) is 12.0. The molecule has 0 aliphatic heterocycles. The molecule has 0 bridgehead atoms. The molecular formula is C15H14Cl2N2O. The number of nitrogens with zero attached hydrogens (tertiary/aromatic N) is 1. The zero-order valence-corrected chi connectivity index (χ0v) is 12.7. The summed E-state index contributed by atoms with van der Waals surface area (Å²) in [4.78, 5) is 16.2. The van der Waals surface area contributed by atoms with Gasteiger partial charge < -0.3 is 5.32 Å². The molecule has 1 heterocycles. The third kappa shape index (κ3) is 3.50. The first kappa shape index (κ1) is 14.8. The van der Waals surface area contributed by atoms with Crippen LogP contribution in [0.15, 0.2) is 36.5 Å². The average molecular weight is 309 g/mol. The third-order valence-corrected chi connectivity index (χ3v) is 3.51. The molecule has 104 valence electrons. The Bertz CT molecular complexity index is 626. The molecule has 20 heavy (non-hydrogen) atoms. The molecule has 2 aromatic rings. The molecule has 0 aliphatic carbocycles. The summed E-state index contributed by atoms with van der Waals surface area (Å²) in [6.07, 6.45) is 1.56. The van der Waals surface area contributed by atoms with E-state index in [0.717, 1.165) is 11.3 Å². The van der Waals surface area contributed by atoms with E-state index in [1.807, 2.05) is 19.9 Å². The Kier molecular flexibility index (Phi) is 4.63. The summed E-state index contributed by atoms with van der Waals surface area (Å²) in [5.74, 6) is -0.184. The molecule has 2 rings (SSSR count). The van der Waals surface area contributed by atoms with Gasteiger partial charge in [0.15, 0.2) is 0 Å². The predicted octanol–water partition coefficient (Wildman–Crippen LogP) is 4.19. The maximum atomic E-state index is 12.1. The highest BCUT2D eigenvalue weighted by Gasteiger charge is 2.14. The lowest BCUT2D eigenvalue weighted by atomic mass is 10.1. The summed E-state index contributed by atoms with van der Waals surface area (Å²) >= 11 is 12.0. The second-order valence-corrected chi connectivity index (χ2v) is 5.39. The molecule has 0 fully saturated rings. The fourth-order valence-corrected chi connectivity index (χ4v) is 2.38. The average Bonchev–Trinajstić information content (AvgIpc) is 2.39. The largest absolute Gasteiger partial charge is 0.345 e. The Hall–Kier alpha value is -1.58. The van der Waals surface area contributed by atoms with Gasteiger partial charge in [0.2, 0.25) is 0 Å². The maximum absolute atomic E-state index is 12.1. The number of carbonyl (C=O) groups is 1. The van der Waals surface area contributed by atoms with Crippen molar-refractivity contribution in [2.45, 2.75) is 19.9 Å². The number of aromatic nitrogens is 1. The summed E-state index contributed by atoms with van der Waals surface area (Å²) < 4.78 is 0. The predicted molar refractivity (Wildman–Crippen MR) is 81.3 cm³/mol. The molecule has 0 aliphatic rings. The Morgan fingerprint density at radius 1 is 1.25 bits per heavy atom. The molecule has 3 nitrogen and oxygen atoms in total. The summed E-state index contributed by atoms with van der Waals surface area (Å²) in [6.45, 7) is 3.74. The fraction of sp³-hybridized carbons (Fsp3) is 0.200. The number of aryl methyl sites for hydroxylation is 1. The second-order valence-electron chi connectivity index (χ2n) is 4.55. The van der Waals surface area contributed by atoms with Crippen LogP contribution < -0.4 is 5.32 Å². The van der Waals surface area contributed by atoms with E-state index < -0.39 is 0 Å². The van der Waals surface area contributed by atoms with Crippen molar-refractivity contribution in [3.05, 3.63) is 63.4 Å². The zero-order chi connectivity index (χ0) is 14.7. The molecule has 0 unspecified atom stereocenters. The van der Waals surface area contributed by atoms with Crippen LogP contribution in [-0.2, 0) is 0 Å². The van der Waals surface area contributed by atoms with Crippen molar-refractivity contribution < 1.29 is 4.79 Å². The van der Waals surface area contributed by atoms with Gasteiger partial charge in [-0.3, -0.25) is 9.78 Å². The molecule has 1 atom stereocenters. The van der Waals surface area contributed by atoms with E-state index >= 15 is 0 Å². The monoisotopic (exact) mass is 308 g/mol. The lowest BCUT2D eigenvalue weighted by Gasteiger charge is -2.16. The number of pyridine rings is 1. The van der Waals surface area contributed by atoms with Crippen molar-refractivity contribution in [2.24, 2.45) is 0 Å².